The molecule has 160 valence electrons. The van der Waals surface area contributed by atoms with Crippen LogP contribution in [0.3, 0.4) is 0 Å². The van der Waals surface area contributed by atoms with Gasteiger partial charge in [0, 0.05) is 20.2 Å². The summed E-state index contributed by atoms with van der Waals surface area (Å²) in [6, 6.07) is 7.09. The lowest BCUT2D eigenvalue weighted by atomic mass is 9.58. The molecule has 1 aromatic rings. The van der Waals surface area contributed by atoms with Crippen molar-refractivity contribution < 1.29 is 13.9 Å². The lowest BCUT2D eigenvalue weighted by Crippen LogP contribution is -2.67. The van der Waals surface area contributed by atoms with Crippen LogP contribution in [0.5, 0.6) is 0 Å². The van der Waals surface area contributed by atoms with E-state index in [-0.39, 0.29) is 28.5 Å². The number of rotatable bonds is 7. The zero-order valence-corrected chi connectivity index (χ0v) is 18.4. The summed E-state index contributed by atoms with van der Waals surface area (Å²) in [5.74, 6) is 0.431. The van der Waals surface area contributed by atoms with Crippen LogP contribution >= 0.6 is 0 Å². The van der Waals surface area contributed by atoms with Crippen molar-refractivity contribution in [2.75, 3.05) is 40.8 Å². The molecule has 0 radical (unpaired) electrons. The van der Waals surface area contributed by atoms with Crippen molar-refractivity contribution >= 4 is 6.03 Å². The molecule has 29 heavy (non-hydrogen) atoms. The Morgan fingerprint density at radius 3 is 2.52 bits per heavy atom. The van der Waals surface area contributed by atoms with E-state index < -0.39 is 0 Å². The third-order valence-electron chi connectivity index (χ3n) is 7.28. The molecule has 0 bridgehead atoms. The first-order chi connectivity index (χ1) is 13.6. The van der Waals surface area contributed by atoms with Gasteiger partial charge in [0.1, 0.15) is 5.82 Å². The van der Waals surface area contributed by atoms with E-state index in [0.29, 0.717) is 12.5 Å². The molecule has 5 nitrogen and oxygen atoms in total. The molecule has 4 rings (SSSR count). The summed E-state index contributed by atoms with van der Waals surface area (Å²) < 4.78 is 19.6. The van der Waals surface area contributed by atoms with Crippen LogP contribution in [0.25, 0.3) is 0 Å². The Balaban J connectivity index is 1.62. The van der Waals surface area contributed by atoms with Crippen LogP contribution in [0, 0.1) is 11.7 Å². The van der Waals surface area contributed by atoms with Gasteiger partial charge in [-0.1, -0.05) is 12.1 Å². The highest BCUT2D eigenvalue weighted by molar-refractivity contribution is 5.79. The Bertz CT molecular complexity index is 784. The molecule has 3 aliphatic rings. The van der Waals surface area contributed by atoms with Gasteiger partial charge in [0.15, 0.2) is 0 Å². The van der Waals surface area contributed by atoms with Crippen molar-refractivity contribution in [3.63, 3.8) is 0 Å². The van der Waals surface area contributed by atoms with Gasteiger partial charge in [-0.05, 0) is 77.2 Å². The molecule has 2 amide bonds. The molecule has 6 heteroatoms. The van der Waals surface area contributed by atoms with Gasteiger partial charge >= 0.3 is 6.03 Å². The molecular weight excluding hydrogens is 369 g/mol. The monoisotopic (exact) mass is 403 g/mol. The maximum Gasteiger partial charge on any atom is 0.320 e. The summed E-state index contributed by atoms with van der Waals surface area (Å²) in [6.45, 7) is 6.19. The zero-order valence-electron chi connectivity index (χ0n) is 18.4. The van der Waals surface area contributed by atoms with Crippen molar-refractivity contribution in [3.05, 3.63) is 35.6 Å². The molecule has 0 atom stereocenters. The fourth-order valence-corrected chi connectivity index (χ4v) is 5.26. The fraction of sp³-hybridized carbons (Fsp3) is 0.696. The molecule has 3 fully saturated rings. The zero-order chi connectivity index (χ0) is 21.0. The fourth-order valence-electron chi connectivity index (χ4n) is 5.26. The minimum atomic E-state index is -0.378. The second-order valence-corrected chi connectivity index (χ2v) is 10.2. The lowest BCUT2D eigenvalue weighted by Gasteiger charge is -2.60. The van der Waals surface area contributed by atoms with Gasteiger partial charge < -0.3 is 14.5 Å². The molecule has 0 aromatic heterocycles. The first-order valence-corrected chi connectivity index (χ1v) is 10.7. The number of methoxy groups -OCH3 is 1. The number of hydrogen-bond donors (Lipinski definition) is 0. The van der Waals surface area contributed by atoms with Gasteiger partial charge in [-0.3, -0.25) is 4.90 Å². The topological polar surface area (TPSA) is 36.0 Å². The summed E-state index contributed by atoms with van der Waals surface area (Å²) in [5, 5.41) is 0. The average Bonchev–Trinajstić information content (AvgIpc) is 3.40. The molecule has 1 saturated heterocycles. The SMILES string of the molecule is COC(C)(C)CN1CC2(CC(c3cccc(F)c3)(N(C)C)C2)N(CC2CC2)C1=O. The normalized spacial score (nSPS) is 29.8. The predicted molar refractivity (Wildman–Crippen MR) is 111 cm³/mol. The van der Waals surface area contributed by atoms with Crippen LogP contribution in [0.15, 0.2) is 24.3 Å². The molecule has 1 spiro atoms. The summed E-state index contributed by atoms with van der Waals surface area (Å²) >= 11 is 0. The number of nitrogens with zero attached hydrogens (tertiary/aromatic N) is 3. The van der Waals surface area contributed by atoms with Gasteiger partial charge in [-0.25, -0.2) is 9.18 Å². The number of amides is 2. The molecule has 2 aliphatic carbocycles. The van der Waals surface area contributed by atoms with Crippen LogP contribution < -0.4 is 0 Å². The first kappa shape index (κ1) is 20.6. The number of carbonyl (C=O) groups is 1. The third kappa shape index (κ3) is 3.55. The van der Waals surface area contributed by atoms with E-state index in [0.717, 1.165) is 31.5 Å². The summed E-state index contributed by atoms with van der Waals surface area (Å²) in [5.41, 5.74) is 0.205. The van der Waals surface area contributed by atoms with Crippen LogP contribution in [0.2, 0.25) is 0 Å². The van der Waals surface area contributed by atoms with Crippen LogP contribution in [-0.2, 0) is 10.3 Å². The van der Waals surface area contributed by atoms with Crippen LogP contribution in [0.4, 0.5) is 9.18 Å². The van der Waals surface area contributed by atoms with E-state index in [1.807, 2.05) is 24.8 Å². The molecule has 0 unspecified atom stereocenters. The van der Waals surface area contributed by atoms with Gasteiger partial charge in [0.2, 0.25) is 0 Å². The highest BCUT2D eigenvalue weighted by Gasteiger charge is 2.65. The summed E-state index contributed by atoms with van der Waals surface area (Å²) in [7, 11) is 5.82. The van der Waals surface area contributed by atoms with Crippen molar-refractivity contribution in [2.24, 2.45) is 5.92 Å². The van der Waals surface area contributed by atoms with Crippen molar-refractivity contribution in [1.82, 2.24) is 14.7 Å². The highest BCUT2D eigenvalue weighted by Crippen LogP contribution is 2.57. The standard InChI is InChI=1S/C23H34FN3O2/c1-21(2,29-5)15-26-16-22(27(20(26)28)12-17-9-10-17)13-23(14-22,25(3)4)18-7-6-8-19(24)11-18/h6-8,11,17H,9-10,12-16H2,1-5H3. The predicted octanol–water partition coefficient (Wildman–Crippen LogP) is 3.69. The van der Waals surface area contributed by atoms with Gasteiger partial charge in [0.05, 0.1) is 23.2 Å². The quantitative estimate of drug-likeness (QED) is 0.697. The van der Waals surface area contributed by atoms with Crippen LogP contribution in [0.1, 0.15) is 45.1 Å². The summed E-state index contributed by atoms with van der Waals surface area (Å²) in [6.07, 6.45) is 4.09. The molecular formula is C23H34FN3O2. The second kappa shape index (κ2) is 6.95. The summed E-state index contributed by atoms with van der Waals surface area (Å²) in [4.78, 5) is 19.7. The third-order valence-corrected chi connectivity index (χ3v) is 7.28. The van der Waals surface area contributed by atoms with Crippen LogP contribution in [-0.4, -0.2) is 72.7 Å². The van der Waals surface area contributed by atoms with Crippen molar-refractivity contribution in [3.8, 4) is 0 Å². The van der Waals surface area contributed by atoms with Gasteiger partial charge in [-0.2, -0.15) is 0 Å². The molecule has 2 saturated carbocycles. The average molecular weight is 404 g/mol. The van der Waals surface area contributed by atoms with E-state index in [1.165, 1.54) is 18.9 Å². The van der Waals surface area contributed by atoms with E-state index in [4.69, 9.17) is 4.74 Å². The number of urea groups is 1. The Morgan fingerprint density at radius 2 is 1.97 bits per heavy atom. The van der Waals surface area contributed by atoms with E-state index >= 15 is 0 Å². The second-order valence-electron chi connectivity index (χ2n) is 10.2. The number of hydrogen-bond acceptors (Lipinski definition) is 3. The molecule has 1 heterocycles. The largest absolute Gasteiger partial charge is 0.377 e. The maximum atomic E-state index is 14.0. The Morgan fingerprint density at radius 1 is 1.28 bits per heavy atom. The van der Waals surface area contributed by atoms with Crippen molar-refractivity contribution in [2.45, 2.75) is 56.2 Å². The van der Waals surface area contributed by atoms with E-state index in [9.17, 15) is 9.18 Å². The van der Waals surface area contributed by atoms with Crippen molar-refractivity contribution in [1.29, 1.82) is 0 Å². The number of ether oxygens (including phenoxy) is 1. The Labute approximate surface area is 173 Å². The minimum absolute atomic E-state index is 0.133. The van der Waals surface area contributed by atoms with Gasteiger partial charge in [-0.15, -0.1) is 0 Å². The van der Waals surface area contributed by atoms with E-state index in [1.54, 1.807) is 19.2 Å². The molecule has 1 aromatic carbocycles. The highest BCUT2D eigenvalue weighted by atomic mass is 19.1. The number of benzene rings is 1. The Hall–Kier alpha value is -1.66. The smallest absolute Gasteiger partial charge is 0.320 e. The number of halogens is 1. The molecule has 0 N–H and O–H groups in total. The van der Waals surface area contributed by atoms with E-state index in [2.05, 4.69) is 23.9 Å². The minimum Gasteiger partial charge on any atom is -0.377 e. The number of carbonyl (C=O) groups excluding carboxylic acids is 1. The Kier molecular flexibility index (Phi) is 4.94. The van der Waals surface area contributed by atoms with Gasteiger partial charge in [0.25, 0.3) is 0 Å². The first-order valence-electron chi connectivity index (χ1n) is 10.7. The lowest BCUT2D eigenvalue weighted by molar-refractivity contribution is -0.0726. The molecule has 1 aliphatic heterocycles. The maximum absolute atomic E-state index is 14.0.